The Bertz CT molecular complexity index is 1190. The monoisotopic (exact) mass is 466 g/mol. The van der Waals surface area contributed by atoms with Crippen LogP contribution in [0.25, 0.3) is 5.69 Å². The Morgan fingerprint density at radius 3 is 2.70 bits per heavy atom. The molecule has 11 heteroatoms. The first-order valence-electron chi connectivity index (χ1n) is 10.9. The number of anilines is 1. The maximum Gasteiger partial charge on any atom is 0.225 e. The molecule has 0 atom stereocenters. The number of nitrogens with zero attached hydrogens (tertiary/aromatic N) is 8. The maximum atomic E-state index is 14.4. The van der Waals surface area contributed by atoms with Crippen LogP contribution in [-0.2, 0) is 13.0 Å². The third-order valence-electron chi connectivity index (χ3n) is 5.70. The summed E-state index contributed by atoms with van der Waals surface area (Å²) in [7, 11) is 0. The van der Waals surface area contributed by atoms with E-state index in [1.54, 1.807) is 23.5 Å². The largest absolute Gasteiger partial charge is 0.484 e. The third-order valence-corrected chi connectivity index (χ3v) is 6.76. The van der Waals surface area contributed by atoms with Gasteiger partial charge in [0.05, 0.1) is 16.4 Å². The van der Waals surface area contributed by atoms with E-state index in [1.807, 2.05) is 17.8 Å². The quantitative estimate of drug-likeness (QED) is 0.408. The number of rotatable bonds is 7. The van der Waals surface area contributed by atoms with Gasteiger partial charge < -0.3 is 9.64 Å². The zero-order valence-corrected chi connectivity index (χ0v) is 19.0. The van der Waals surface area contributed by atoms with Crippen molar-refractivity contribution >= 4 is 17.3 Å². The predicted molar refractivity (Wildman–Crippen MR) is 121 cm³/mol. The van der Waals surface area contributed by atoms with Crippen molar-refractivity contribution in [1.29, 1.82) is 0 Å². The predicted octanol–water partition coefficient (Wildman–Crippen LogP) is 3.57. The Balaban J connectivity index is 1.16. The Morgan fingerprint density at radius 2 is 2.00 bits per heavy atom. The molecule has 1 aliphatic heterocycles. The average Bonchev–Trinajstić information content (AvgIpc) is 3.56. The minimum atomic E-state index is -0.472. The first-order chi connectivity index (χ1) is 16.2. The fourth-order valence-electron chi connectivity index (χ4n) is 3.78. The molecule has 1 aromatic carbocycles. The van der Waals surface area contributed by atoms with Crippen molar-refractivity contribution < 1.29 is 9.13 Å². The molecule has 0 bridgehead atoms. The maximum absolute atomic E-state index is 14.4. The van der Waals surface area contributed by atoms with Gasteiger partial charge in [-0.2, -0.15) is 0 Å². The Kier molecular flexibility index (Phi) is 6.20. The van der Waals surface area contributed by atoms with Gasteiger partial charge in [-0.05, 0) is 47.4 Å². The molecule has 9 nitrogen and oxygen atoms in total. The topological polar surface area (TPSA) is 94.7 Å². The van der Waals surface area contributed by atoms with E-state index in [2.05, 4.69) is 37.3 Å². The minimum Gasteiger partial charge on any atom is -0.484 e. The van der Waals surface area contributed by atoms with Crippen LogP contribution in [-0.4, -0.2) is 48.2 Å². The van der Waals surface area contributed by atoms with Gasteiger partial charge in [0.2, 0.25) is 5.95 Å². The van der Waals surface area contributed by atoms with Crippen molar-refractivity contribution in [2.75, 3.05) is 18.0 Å². The van der Waals surface area contributed by atoms with Gasteiger partial charge >= 0.3 is 0 Å². The summed E-state index contributed by atoms with van der Waals surface area (Å²) < 4.78 is 21.5. The molecule has 0 radical (unpaired) electrons. The number of halogens is 1. The second kappa shape index (κ2) is 9.57. The van der Waals surface area contributed by atoms with Gasteiger partial charge in [0.1, 0.15) is 12.9 Å². The van der Waals surface area contributed by atoms with E-state index in [-0.39, 0.29) is 12.4 Å². The van der Waals surface area contributed by atoms with Crippen molar-refractivity contribution in [3.8, 4) is 11.4 Å². The molecular weight excluding hydrogens is 443 g/mol. The molecule has 170 valence electrons. The molecule has 0 N–H and O–H groups in total. The van der Waals surface area contributed by atoms with Crippen LogP contribution in [0.2, 0.25) is 0 Å². The van der Waals surface area contributed by atoms with Gasteiger partial charge in [-0.25, -0.2) is 24.0 Å². The summed E-state index contributed by atoms with van der Waals surface area (Å²) >= 11 is 1.64. The molecule has 1 aliphatic rings. The van der Waals surface area contributed by atoms with Gasteiger partial charge in [0.25, 0.3) is 0 Å². The summed E-state index contributed by atoms with van der Waals surface area (Å²) in [5, 5.41) is 14.0. The molecule has 0 unspecified atom stereocenters. The van der Waals surface area contributed by atoms with E-state index in [4.69, 9.17) is 9.72 Å². The second-order valence-corrected chi connectivity index (χ2v) is 8.73. The first-order valence-corrected chi connectivity index (χ1v) is 11.7. The van der Waals surface area contributed by atoms with Crippen molar-refractivity contribution in [3.63, 3.8) is 0 Å². The summed E-state index contributed by atoms with van der Waals surface area (Å²) in [4.78, 5) is 16.0. The SMILES string of the molecule is CCc1cnc(N2CCC(c3nc(COc4ccc(-n5cnnn5)cc4F)cs3)CC2)nc1. The zero-order valence-electron chi connectivity index (χ0n) is 18.1. The molecule has 3 aromatic heterocycles. The Labute approximate surface area is 194 Å². The number of tetrazole rings is 1. The molecular formula is C22H23FN8OS. The molecule has 0 aliphatic carbocycles. The summed E-state index contributed by atoms with van der Waals surface area (Å²) in [5.41, 5.74) is 2.48. The van der Waals surface area contributed by atoms with Crippen LogP contribution >= 0.6 is 11.3 Å². The molecule has 1 fully saturated rings. The van der Waals surface area contributed by atoms with Crippen LogP contribution < -0.4 is 9.64 Å². The standard InChI is InChI=1S/C22H23FN8OS/c1-2-15-10-24-22(25-11-15)30-7-5-16(6-8-30)21-27-17(13-33-21)12-32-20-4-3-18(9-19(20)23)31-14-26-28-29-31/h3-4,9-11,13-14,16H,2,5-8,12H2,1H3. The van der Waals surface area contributed by atoms with Crippen LogP contribution in [0.3, 0.4) is 0 Å². The third kappa shape index (κ3) is 4.82. The minimum absolute atomic E-state index is 0.170. The number of aryl methyl sites for hydroxylation is 1. The zero-order chi connectivity index (χ0) is 22.6. The highest BCUT2D eigenvalue weighted by Crippen LogP contribution is 2.31. The lowest BCUT2D eigenvalue weighted by atomic mass is 9.98. The molecule has 4 heterocycles. The van der Waals surface area contributed by atoms with Gasteiger partial charge in [0, 0.05) is 42.8 Å². The number of hydrogen-bond acceptors (Lipinski definition) is 9. The highest BCUT2D eigenvalue weighted by Gasteiger charge is 2.24. The summed E-state index contributed by atoms with van der Waals surface area (Å²) in [6.45, 7) is 4.12. The van der Waals surface area contributed by atoms with Crippen molar-refractivity contribution in [2.45, 2.75) is 38.7 Å². The van der Waals surface area contributed by atoms with Gasteiger partial charge in [-0.15, -0.1) is 16.4 Å². The molecule has 4 aromatic rings. The lowest BCUT2D eigenvalue weighted by molar-refractivity contribution is 0.286. The molecule has 33 heavy (non-hydrogen) atoms. The number of aromatic nitrogens is 7. The van der Waals surface area contributed by atoms with Crippen LogP contribution in [0.15, 0.2) is 42.3 Å². The van der Waals surface area contributed by atoms with E-state index in [0.717, 1.165) is 54.6 Å². The average molecular weight is 467 g/mol. The van der Waals surface area contributed by atoms with E-state index >= 15 is 0 Å². The van der Waals surface area contributed by atoms with Crippen molar-refractivity contribution in [2.24, 2.45) is 0 Å². The Morgan fingerprint density at radius 1 is 1.18 bits per heavy atom. The van der Waals surface area contributed by atoms with Gasteiger partial charge in [-0.3, -0.25) is 0 Å². The normalized spacial score (nSPS) is 14.5. The van der Waals surface area contributed by atoms with E-state index in [9.17, 15) is 4.39 Å². The van der Waals surface area contributed by atoms with Gasteiger partial charge in [-0.1, -0.05) is 6.92 Å². The van der Waals surface area contributed by atoms with Crippen LogP contribution in [0, 0.1) is 5.82 Å². The highest BCUT2D eigenvalue weighted by atomic mass is 32.1. The smallest absolute Gasteiger partial charge is 0.225 e. The van der Waals surface area contributed by atoms with Gasteiger partial charge in [0.15, 0.2) is 11.6 Å². The molecule has 5 rings (SSSR count). The van der Waals surface area contributed by atoms with Crippen molar-refractivity contribution in [3.05, 3.63) is 64.4 Å². The lowest BCUT2D eigenvalue weighted by Gasteiger charge is -2.31. The number of ether oxygens (including phenoxy) is 1. The van der Waals surface area contributed by atoms with Crippen molar-refractivity contribution in [1.82, 2.24) is 35.2 Å². The fourth-order valence-corrected chi connectivity index (χ4v) is 4.75. The first kappa shape index (κ1) is 21.4. The number of benzene rings is 1. The summed E-state index contributed by atoms with van der Waals surface area (Å²) in [5.74, 6) is 0.901. The van der Waals surface area contributed by atoms with E-state index in [0.29, 0.717) is 11.6 Å². The highest BCUT2D eigenvalue weighted by molar-refractivity contribution is 7.09. The molecule has 0 amide bonds. The van der Waals surface area contributed by atoms with E-state index < -0.39 is 5.82 Å². The van der Waals surface area contributed by atoms with E-state index in [1.165, 1.54) is 17.1 Å². The number of thiazole rings is 1. The fraction of sp³-hybridized carbons (Fsp3) is 0.364. The lowest BCUT2D eigenvalue weighted by Crippen LogP contribution is -2.34. The molecule has 1 saturated heterocycles. The summed E-state index contributed by atoms with van der Waals surface area (Å²) in [6.07, 6.45) is 8.16. The number of piperidine rings is 1. The molecule has 0 saturated carbocycles. The van der Waals surface area contributed by atoms with Crippen LogP contribution in [0.1, 0.15) is 41.9 Å². The van der Waals surface area contributed by atoms with Crippen LogP contribution in [0.4, 0.5) is 10.3 Å². The Hall–Kier alpha value is -3.47. The molecule has 0 spiro atoms. The second-order valence-electron chi connectivity index (χ2n) is 7.84. The number of hydrogen-bond donors (Lipinski definition) is 0. The summed E-state index contributed by atoms with van der Waals surface area (Å²) in [6, 6.07) is 4.62. The van der Waals surface area contributed by atoms with Crippen LogP contribution in [0.5, 0.6) is 5.75 Å².